The summed E-state index contributed by atoms with van der Waals surface area (Å²) in [7, 11) is 0. The molecule has 5 nitrogen and oxygen atoms in total. The molecule has 1 amide bonds. The Morgan fingerprint density at radius 1 is 0.975 bits per heavy atom. The molecule has 5 rings (SSSR count). The van der Waals surface area contributed by atoms with Crippen molar-refractivity contribution in [3.8, 4) is 5.75 Å². The number of anilines is 2. The largest absolute Gasteiger partial charge is 0.494 e. The van der Waals surface area contributed by atoms with E-state index in [4.69, 9.17) is 4.74 Å². The first-order chi connectivity index (χ1) is 19.4. The van der Waals surface area contributed by atoms with Crippen molar-refractivity contribution in [2.75, 3.05) is 16.8 Å². The van der Waals surface area contributed by atoms with Gasteiger partial charge in [-0.15, -0.1) is 0 Å². The molecule has 40 heavy (non-hydrogen) atoms. The molecule has 3 aromatic carbocycles. The van der Waals surface area contributed by atoms with E-state index in [-0.39, 0.29) is 29.3 Å². The van der Waals surface area contributed by atoms with Crippen molar-refractivity contribution in [3.05, 3.63) is 101 Å². The quantitative estimate of drug-likeness (QED) is 0.295. The van der Waals surface area contributed by atoms with Crippen molar-refractivity contribution in [3.63, 3.8) is 0 Å². The van der Waals surface area contributed by atoms with Crippen molar-refractivity contribution in [2.24, 2.45) is 5.92 Å². The van der Waals surface area contributed by atoms with Gasteiger partial charge in [0, 0.05) is 23.6 Å². The Morgan fingerprint density at radius 2 is 1.68 bits per heavy atom. The fraction of sp³-hybridized carbons (Fsp3) is 0.353. The Labute approximate surface area is 236 Å². The fourth-order valence-corrected chi connectivity index (χ4v) is 5.69. The van der Waals surface area contributed by atoms with Gasteiger partial charge in [-0.3, -0.25) is 14.5 Å². The Kier molecular flexibility index (Phi) is 8.34. The van der Waals surface area contributed by atoms with Gasteiger partial charge in [0.1, 0.15) is 11.6 Å². The Bertz CT molecular complexity index is 1400. The standard InChI is InChI=1S/C34H37FN2O3/c1-4-5-8-19-40-27-17-13-24(14-18-27)33-32-29(20-25(21-31(32)38)23-11-15-26(35)16-12-23)36-28-9-6-7-10-30(28)37(33)34(39)22(2)3/h6-7,9-18,22,25,33,36H,4-5,8,19-21H2,1-3H3/t25-,33+/m0/s1. The van der Waals surface area contributed by atoms with Gasteiger partial charge < -0.3 is 10.1 Å². The number of carbonyl (C=O) groups excluding carboxylic acids is 2. The van der Waals surface area contributed by atoms with Crippen LogP contribution in [0.3, 0.4) is 0 Å². The van der Waals surface area contributed by atoms with Crippen molar-refractivity contribution in [2.45, 2.75) is 64.8 Å². The third-order valence-electron chi connectivity index (χ3n) is 7.77. The van der Waals surface area contributed by atoms with Crippen molar-refractivity contribution in [1.29, 1.82) is 0 Å². The summed E-state index contributed by atoms with van der Waals surface area (Å²) in [5, 5.41) is 3.54. The molecule has 0 spiro atoms. The number of unbranched alkanes of at least 4 members (excludes halogenated alkanes) is 2. The lowest BCUT2D eigenvalue weighted by Crippen LogP contribution is -2.40. The molecule has 1 N–H and O–H groups in total. The SMILES string of the molecule is CCCCCOc1ccc([C@@H]2C3=C(C[C@H](c4ccc(F)cc4)CC3=O)Nc3ccccc3N2C(=O)C(C)C)cc1. The molecule has 3 aromatic rings. The minimum absolute atomic E-state index is 0.0117. The number of Topliss-reactive ketones (excluding diaryl/α,β-unsaturated/α-hetero) is 1. The summed E-state index contributed by atoms with van der Waals surface area (Å²) < 4.78 is 19.6. The molecule has 0 saturated heterocycles. The van der Waals surface area contributed by atoms with Crippen molar-refractivity contribution < 1.29 is 18.7 Å². The van der Waals surface area contributed by atoms with Gasteiger partial charge in [-0.25, -0.2) is 4.39 Å². The summed E-state index contributed by atoms with van der Waals surface area (Å²) >= 11 is 0. The third kappa shape index (κ3) is 5.67. The second-order valence-corrected chi connectivity index (χ2v) is 11.0. The molecule has 0 saturated carbocycles. The van der Waals surface area contributed by atoms with E-state index in [0.717, 1.165) is 53.2 Å². The summed E-state index contributed by atoms with van der Waals surface area (Å²) in [4.78, 5) is 29.7. The molecule has 0 fully saturated rings. The van der Waals surface area contributed by atoms with Crippen LogP contribution >= 0.6 is 0 Å². The van der Waals surface area contributed by atoms with Crippen LogP contribution in [0.1, 0.15) is 76.0 Å². The van der Waals surface area contributed by atoms with Gasteiger partial charge in [0.25, 0.3) is 0 Å². The Morgan fingerprint density at radius 3 is 2.38 bits per heavy atom. The molecule has 2 aliphatic rings. The lowest BCUT2D eigenvalue weighted by atomic mass is 9.78. The zero-order valence-corrected chi connectivity index (χ0v) is 23.5. The molecular formula is C34H37FN2O3. The summed E-state index contributed by atoms with van der Waals surface area (Å²) in [6.45, 7) is 6.59. The fourth-order valence-electron chi connectivity index (χ4n) is 5.69. The van der Waals surface area contributed by atoms with E-state index in [1.54, 1.807) is 17.0 Å². The van der Waals surface area contributed by atoms with Gasteiger partial charge in [0.05, 0.1) is 24.0 Å². The predicted octanol–water partition coefficient (Wildman–Crippen LogP) is 7.95. The van der Waals surface area contributed by atoms with Crippen LogP contribution in [-0.4, -0.2) is 18.3 Å². The van der Waals surface area contributed by atoms with Crippen LogP contribution in [-0.2, 0) is 9.59 Å². The lowest BCUT2D eigenvalue weighted by Gasteiger charge is -2.36. The first-order valence-corrected chi connectivity index (χ1v) is 14.3. The van der Waals surface area contributed by atoms with E-state index < -0.39 is 6.04 Å². The number of halogens is 1. The minimum Gasteiger partial charge on any atom is -0.494 e. The Balaban J connectivity index is 1.60. The number of rotatable bonds is 8. The number of hydrogen-bond acceptors (Lipinski definition) is 4. The van der Waals surface area contributed by atoms with E-state index in [9.17, 15) is 14.0 Å². The normalized spacial score (nSPS) is 18.6. The molecule has 208 valence electrons. The smallest absolute Gasteiger partial charge is 0.230 e. The number of benzene rings is 3. The van der Waals surface area contributed by atoms with E-state index in [0.29, 0.717) is 25.0 Å². The zero-order valence-electron chi connectivity index (χ0n) is 23.5. The highest BCUT2D eigenvalue weighted by Crippen LogP contribution is 2.48. The number of hydrogen-bond donors (Lipinski definition) is 1. The molecular weight excluding hydrogens is 503 g/mol. The van der Waals surface area contributed by atoms with Crippen LogP contribution < -0.4 is 15.0 Å². The molecule has 6 heteroatoms. The maximum absolute atomic E-state index is 14.0. The number of nitrogens with zero attached hydrogens (tertiary/aromatic N) is 1. The highest BCUT2D eigenvalue weighted by atomic mass is 19.1. The third-order valence-corrected chi connectivity index (χ3v) is 7.77. The molecule has 2 atom stereocenters. The van der Waals surface area contributed by atoms with Crippen LogP contribution in [0.15, 0.2) is 84.1 Å². The molecule has 1 aliphatic heterocycles. The second kappa shape index (κ2) is 12.1. The first-order valence-electron chi connectivity index (χ1n) is 14.3. The highest BCUT2D eigenvalue weighted by Gasteiger charge is 2.42. The number of carbonyl (C=O) groups is 2. The zero-order chi connectivity index (χ0) is 28.2. The van der Waals surface area contributed by atoms with Crippen molar-refractivity contribution in [1.82, 2.24) is 0 Å². The monoisotopic (exact) mass is 540 g/mol. The average molecular weight is 541 g/mol. The van der Waals surface area contributed by atoms with Gasteiger partial charge in [0.2, 0.25) is 5.91 Å². The van der Waals surface area contributed by atoms with E-state index >= 15 is 0 Å². The highest BCUT2D eigenvalue weighted by molar-refractivity contribution is 6.06. The van der Waals surface area contributed by atoms with Crippen LogP contribution in [0.5, 0.6) is 5.75 Å². The van der Waals surface area contributed by atoms with Gasteiger partial charge in [-0.1, -0.05) is 70.0 Å². The molecule has 0 unspecified atom stereocenters. The van der Waals surface area contributed by atoms with Crippen LogP contribution in [0, 0.1) is 11.7 Å². The second-order valence-electron chi connectivity index (χ2n) is 11.0. The maximum atomic E-state index is 14.0. The number of nitrogens with one attached hydrogen (secondary N) is 1. The van der Waals surface area contributed by atoms with Gasteiger partial charge in [-0.2, -0.15) is 0 Å². The molecule has 0 radical (unpaired) electrons. The van der Waals surface area contributed by atoms with Gasteiger partial charge in [-0.05, 0) is 66.3 Å². The number of ether oxygens (including phenoxy) is 1. The molecule has 0 bridgehead atoms. The summed E-state index contributed by atoms with van der Waals surface area (Å²) in [5.74, 6) is 0.0499. The average Bonchev–Trinajstić information content (AvgIpc) is 3.10. The molecule has 1 aliphatic carbocycles. The number of amides is 1. The number of allylic oxidation sites excluding steroid dienone is 1. The van der Waals surface area contributed by atoms with Crippen molar-refractivity contribution >= 4 is 23.1 Å². The number of fused-ring (bicyclic) bond motifs is 1. The van der Waals surface area contributed by atoms with Gasteiger partial charge in [0.15, 0.2) is 5.78 Å². The summed E-state index contributed by atoms with van der Waals surface area (Å²) in [6.07, 6.45) is 4.13. The Hall–Kier alpha value is -3.93. The van der Waals surface area contributed by atoms with Crippen LogP contribution in [0.25, 0.3) is 0 Å². The summed E-state index contributed by atoms with van der Waals surface area (Å²) in [5.41, 5.74) is 4.73. The van der Waals surface area contributed by atoms with Crippen LogP contribution in [0.2, 0.25) is 0 Å². The van der Waals surface area contributed by atoms with Gasteiger partial charge >= 0.3 is 0 Å². The predicted molar refractivity (Wildman–Crippen MR) is 157 cm³/mol. The number of ketones is 1. The van der Waals surface area contributed by atoms with Crippen LogP contribution in [0.4, 0.5) is 15.8 Å². The van der Waals surface area contributed by atoms with E-state index in [2.05, 4.69) is 12.2 Å². The lowest BCUT2D eigenvalue weighted by molar-refractivity contribution is -0.121. The number of para-hydroxylation sites is 2. The first kappa shape index (κ1) is 27.6. The molecule has 0 aromatic heterocycles. The topological polar surface area (TPSA) is 58.6 Å². The molecule has 1 heterocycles. The minimum atomic E-state index is -0.586. The maximum Gasteiger partial charge on any atom is 0.230 e. The van der Waals surface area contributed by atoms with E-state index in [1.165, 1.54) is 12.1 Å². The summed E-state index contributed by atoms with van der Waals surface area (Å²) in [6, 6.07) is 21.3. The van der Waals surface area contributed by atoms with E-state index in [1.807, 2.05) is 62.4 Å².